The Hall–Kier alpha value is -3.12. The van der Waals surface area contributed by atoms with Crippen molar-refractivity contribution in [3.63, 3.8) is 0 Å². The summed E-state index contributed by atoms with van der Waals surface area (Å²) < 4.78 is 0. The Kier molecular flexibility index (Phi) is 4.89. The van der Waals surface area contributed by atoms with Crippen LogP contribution in [-0.2, 0) is 0 Å². The topological polar surface area (TPSA) is 93.1 Å². The summed E-state index contributed by atoms with van der Waals surface area (Å²) in [6.07, 6.45) is 3.85. The van der Waals surface area contributed by atoms with E-state index in [2.05, 4.69) is 44.5 Å². The zero-order chi connectivity index (χ0) is 18.6. The first-order valence-corrected chi connectivity index (χ1v) is 9.24. The number of anilines is 4. The number of piperidine rings is 1. The smallest absolute Gasteiger partial charge is 0.227 e. The van der Waals surface area contributed by atoms with Crippen molar-refractivity contribution in [3.8, 4) is 11.3 Å². The molecule has 2 heterocycles. The molecule has 1 aliphatic heterocycles. The summed E-state index contributed by atoms with van der Waals surface area (Å²) in [6.45, 7) is 2.03. The number of hydrogen-bond acceptors (Lipinski definition) is 6. The molecule has 4 rings (SSSR count). The van der Waals surface area contributed by atoms with E-state index in [1.807, 2.05) is 30.3 Å². The lowest BCUT2D eigenvalue weighted by molar-refractivity contribution is 0.501. The van der Waals surface area contributed by atoms with Crippen molar-refractivity contribution in [2.24, 2.45) is 5.73 Å². The molecule has 0 bridgehead atoms. The van der Waals surface area contributed by atoms with Crippen molar-refractivity contribution in [2.45, 2.75) is 18.9 Å². The van der Waals surface area contributed by atoms with E-state index in [0.717, 1.165) is 48.6 Å². The number of benzene rings is 2. The number of nitrogens with two attached hydrogens (primary N) is 2. The van der Waals surface area contributed by atoms with E-state index in [9.17, 15) is 0 Å². The lowest BCUT2D eigenvalue weighted by atomic mass is 10.1. The summed E-state index contributed by atoms with van der Waals surface area (Å²) in [6, 6.07) is 18.3. The van der Waals surface area contributed by atoms with Crippen molar-refractivity contribution < 1.29 is 0 Å². The average molecular weight is 360 g/mol. The number of nitrogens with zero attached hydrogens (tertiary/aromatic N) is 3. The van der Waals surface area contributed by atoms with Crippen molar-refractivity contribution >= 4 is 23.0 Å². The van der Waals surface area contributed by atoms with Crippen LogP contribution in [0.5, 0.6) is 0 Å². The highest BCUT2D eigenvalue weighted by Crippen LogP contribution is 2.24. The molecule has 5 N–H and O–H groups in total. The highest BCUT2D eigenvalue weighted by Gasteiger charge is 2.16. The first-order chi connectivity index (χ1) is 13.2. The second-order valence-electron chi connectivity index (χ2n) is 6.88. The van der Waals surface area contributed by atoms with Gasteiger partial charge in [-0.05, 0) is 55.3 Å². The maximum atomic E-state index is 5.99. The minimum absolute atomic E-state index is 0.340. The largest absolute Gasteiger partial charge is 0.399 e. The molecular formula is C21H24N6. The Morgan fingerprint density at radius 3 is 2.33 bits per heavy atom. The summed E-state index contributed by atoms with van der Waals surface area (Å²) in [5, 5.41) is 3.28. The first-order valence-electron chi connectivity index (χ1n) is 9.24. The van der Waals surface area contributed by atoms with Gasteiger partial charge in [-0.15, -0.1) is 0 Å². The molecule has 0 aliphatic carbocycles. The Labute approximate surface area is 159 Å². The summed E-state index contributed by atoms with van der Waals surface area (Å²) in [7, 11) is 0. The minimum atomic E-state index is 0.340. The molecule has 1 saturated heterocycles. The molecule has 0 spiro atoms. The van der Waals surface area contributed by atoms with Gasteiger partial charge >= 0.3 is 0 Å². The van der Waals surface area contributed by atoms with Crippen LogP contribution < -0.4 is 21.7 Å². The monoisotopic (exact) mass is 360 g/mol. The summed E-state index contributed by atoms with van der Waals surface area (Å²) in [5.41, 5.74) is 16.5. The molecule has 0 atom stereocenters. The van der Waals surface area contributed by atoms with Crippen LogP contribution in [0.2, 0.25) is 0 Å². The number of aromatic nitrogens is 2. The number of nitrogen functional groups attached to an aromatic ring is 1. The molecular weight excluding hydrogens is 336 g/mol. The molecule has 3 aromatic rings. The molecule has 1 fully saturated rings. The Bertz CT molecular complexity index is 883. The third-order valence-electron chi connectivity index (χ3n) is 4.89. The van der Waals surface area contributed by atoms with E-state index in [4.69, 9.17) is 11.5 Å². The Morgan fingerprint density at radius 2 is 1.63 bits per heavy atom. The molecule has 6 heteroatoms. The van der Waals surface area contributed by atoms with Gasteiger partial charge in [0.2, 0.25) is 5.95 Å². The lowest BCUT2D eigenvalue weighted by Crippen LogP contribution is -2.39. The molecule has 0 radical (unpaired) electrons. The quantitative estimate of drug-likeness (QED) is 0.618. The molecule has 0 amide bonds. The Morgan fingerprint density at radius 1 is 0.926 bits per heavy atom. The summed E-state index contributed by atoms with van der Waals surface area (Å²) in [5.74, 6) is 0.570. The molecule has 1 aliphatic rings. The lowest BCUT2D eigenvalue weighted by Gasteiger charge is -2.32. The fraction of sp³-hybridized carbons (Fsp3) is 0.238. The standard InChI is InChI=1S/C21H24N6/c22-16-3-1-15(2-4-16)20-9-12-24-21(26-20)25-18-5-7-19(8-6-18)27-13-10-17(23)11-14-27/h1-9,12,17H,10-11,13-14,22-23H2,(H,24,25,26). The van der Waals surface area contributed by atoms with E-state index in [0.29, 0.717) is 12.0 Å². The zero-order valence-electron chi connectivity index (χ0n) is 15.2. The maximum absolute atomic E-state index is 5.99. The average Bonchev–Trinajstić information content (AvgIpc) is 2.70. The van der Waals surface area contributed by atoms with Crippen LogP contribution in [-0.4, -0.2) is 29.1 Å². The molecule has 6 nitrogen and oxygen atoms in total. The molecule has 27 heavy (non-hydrogen) atoms. The third kappa shape index (κ3) is 4.17. The number of rotatable bonds is 4. The Balaban J connectivity index is 1.46. The van der Waals surface area contributed by atoms with Crippen molar-refractivity contribution in [2.75, 3.05) is 29.0 Å². The van der Waals surface area contributed by atoms with Crippen LogP contribution in [0.25, 0.3) is 11.3 Å². The first kappa shape index (κ1) is 17.3. The fourth-order valence-electron chi connectivity index (χ4n) is 3.28. The fourth-order valence-corrected chi connectivity index (χ4v) is 3.28. The third-order valence-corrected chi connectivity index (χ3v) is 4.89. The van der Waals surface area contributed by atoms with Gasteiger partial charge in [0.1, 0.15) is 0 Å². The van der Waals surface area contributed by atoms with Crippen LogP contribution in [0, 0.1) is 0 Å². The predicted molar refractivity (Wildman–Crippen MR) is 111 cm³/mol. The molecule has 138 valence electrons. The van der Waals surface area contributed by atoms with Gasteiger partial charge < -0.3 is 21.7 Å². The van der Waals surface area contributed by atoms with Crippen molar-refractivity contribution in [1.82, 2.24) is 9.97 Å². The maximum Gasteiger partial charge on any atom is 0.227 e. The van der Waals surface area contributed by atoms with E-state index >= 15 is 0 Å². The highest BCUT2D eigenvalue weighted by atomic mass is 15.1. The van der Waals surface area contributed by atoms with Gasteiger partial charge in [-0.2, -0.15) is 0 Å². The van der Waals surface area contributed by atoms with Crippen LogP contribution in [0.4, 0.5) is 23.0 Å². The van der Waals surface area contributed by atoms with Crippen LogP contribution in [0.1, 0.15) is 12.8 Å². The molecule has 0 unspecified atom stereocenters. The van der Waals surface area contributed by atoms with Gasteiger partial charge in [-0.25, -0.2) is 9.97 Å². The number of hydrogen-bond donors (Lipinski definition) is 3. The van der Waals surface area contributed by atoms with Crippen molar-refractivity contribution in [1.29, 1.82) is 0 Å². The van der Waals surface area contributed by atoms with E-state index < -0.39 is 0 Å². The van der Waals surface area contributed by atoms with Gasteiger partial charge in [-0.1, -0.05) is 12.1 Å². The van der Waals surface area contributed by atoms with Crippen LogP contribution in [0.3, 0.4) is 0 Å². The molecule has 2 aromatic carbocycles. The van der Waals surface area contributed by atoms with Crippen LogP contribution >= 0.6 is 0 Å². The second-order valence-corrected chi connectivity index (χ2v) is 6.88. The number of nitrogens with one attached hydrogen (secondary N) is 1. The van der Waals surface area contributed by atoms with Crippen LogP contribution in [0.15, 0.2) is 60.8 Å². The van der Waals surface area contributed by atoms with Gasteiger partial charge in [0.05, 0.1) is 5.69 Å². The van der Waals surface area contributed by atoms with E-state index in [1.165, 1.54) is 5.69 Å². The van der Waals surface area contributed by atoms with Gasteiger partial charge in [0.25, 0.3) is 0 Å². The van der Waals surface area contributed by atoms with E-state index in [-0.39, 0.29) is 0 Å². The zero-order valence-corrected chi connectivity index (χ0v) is 15.2. The summed E-state index contributed by atoms with van der Waals surface area (Å²) >= 11 is 0. The minimum Gasteiger partial charge on any atom is -0.399 e. The van der Waals surface area contributed by atoms with Gasteiger partial charge in [0.15, 0.2) is 0 Å². The van der Waals surface area contributed by atoms with E-state index in [1.54, 1.807) is 6.20 Å². The molecule has 1 aromatic heterocycles. The second kappa shape index (κ2) is 7.63. The summed E-state index contributed by atoms with van der Waals surface area (Å²) in [4.78, 5) is 11.3. The predicted octanol–water partition coefficient (Wildman–Crippen LogP) is 3.40. The highest BCUT2D eigenvalue weighted by molar-refractivity contribution is 5.64. The SMILES string of the molecule is Nc1ccc(-c2ccnc(Nc3ccc(N4CCC(N)CC4)cc3)n2)cc1. The van der Waals surface area contributed by atoms with Gasteiger partial charge in [-0.3, -0.25) is 0 Å². The van der Waals surface area contributed by atoms with Gasteiger partial charge in [0, 0.05) is 48.0 Å². The van der Waals surface area contributed by atoms with Crippen molar-refractivity contribution in [3.05, 3.63) is 60.8 Å². The normalized spacial score (nSPS) is 14.9. The molecule has 0 saturated carbocycles.